The zero-order chi connectivity index (χ0) is 28.6. The molecule has 2 amide bonds. The Morgan fingerprint density at radius 3 is 2.70 bits per heavy atom. The molecule has 8 nitrogen and oxygen atoms in total. The summed E-state index contributed by atoms with van der Waals surface area (Å²) in [4.78, 5) is 31.1. The molecule has 9 heteroatoms. The summed E-state index contributed by atoms with van der Waals surface area (Å²) in [6, 6.07) is 22.1. The van der Waals surface area contributed by atoms with Crippen LogP contribution in [0.3, 0.4) is 0 Å². The highest BCUT2D eigenvalue weighted by Gasteiger charge is 2.20. The van der Waals surface area contributed by atoms with Crippen LogP contribution >= 0.6 is 11.6 Å². The summed E-state index contributed by atoms with van der Waals surface area (Å²) in [5.41, 5.74) is 3.33. The number of benzene rings is 3. The fraction of sp³-hybridized carbons (Fsp3) is 0.161. The van der Waals surface area contributed by atoms with Gasteiger partial charge in [-0.3, -0.25) is 9.59 Å². The van der Waals surface area contributed by atoms with Gasteiger partial charge < -0.3 is 19.7 Å². The molecule has 0 radical (unpaired) electrons. The van der Waals surface area contributed by atoms with Crippen molar-refractivity contribution in [3.8, 4) is 17.6 Å². The Morgan fingerprint density at radius 2 is 1.93 bits per heavy atom. The van der Waals surface area contributed by atoms with Gasteiger partial charge in [-0.15, -0.1) is 0 Å². The number of aromatic nitrogens is 1. The summed E-state index contributed by atoms with van der Waals surface area (Å²) in [7, 11) is 3.10. The highest BCUT2D eigenvalue weighted by molar-refractivity contribution is 6.31. The number of para-hydroxylation sites is 1. The zero-order valence-electron chi connectivity index (χ0n) is 22.3. The highest BCUT2D eigenvalue weighted by atomic mass is 35.5. The van der Waals surface area contributed by atoms with Crippen molar-refractivity contribution in [3.63, 3.8) is 0 Å². The standard InChI is InChI=1S/C31H27ClN4O4/c1-20-10-12-22-7-5-9-28(31(22)35-20)40-19-25-24(17-33)27(14-13-26(25)32)36(2)30(38)18-34-29(37)15-11-21-6-4-8-23(16-21)39-3/h4-16H,18-19H2,1-3H3,(H,34,37). The molecular formula is C31H27ClN4O4. The molecule has 4 rings (SSSR count). The Bertz CT molecular complexity index is 1640. The number of ether oxygens (including phenoxy) is 2. The smallest absolute Gasteiger partial charge is 0.246 e. The van der Waals surface area contributed by atoms with Crippen LogP contribution < -0.4 is 19.7 Å². The minimum Gasteiger partial charge on any atom is -0.497 e. The minimum atomic E-state index is -0.436. The highest BCUT2D eigenvalue weighted by Crippen LogP contribution is 2.31. The monoisotopic (exact) mass is 554 g/mol. The first kappa shape index (κ1) is 28.1. The maximum absolute atomic E-state index is 12.9. The van der Waals surface area contributed by atoms with E-state index in [1.807, 2.05) is 43.3 Å². The number of amides is 2. The van der Waals surface area contributed by atoms with Gasteiger partial charge in [-0.1, -0.05) is 41.9 Å². The van der Waals surface area contributed by atoms with Gasteiger partial charge in [0.2, 0.25) is 11.8 Å². The molecule has 1 N–H and O–H groups in total. The third-order valence-corrected chi connectivity index (χ3v) is 6.56. The SMILES string of the molecule is COc1cccc(C=CC(=O)NCC(=O)N(C)c2ccc(Cl)c(COc3cccc4ccc(C)nc34)c2C#N)c1. The second-order valence-electron chi connectivity index (χ2n) is 8.88. The van der Waals surface area contributed by atoms with E-state index in [9.17, 15) is 14.9 Å². The Balaban J connectivity index is 1.46. The van der Waals surface area contributed by atoms with Gasteiger partial charge in [0.25, 0.3) is 0 Å². The number of nitrogens with zero attached hydrogens (tertiary/aromatic N) is 3. The van der Waals surface area contributed by atoms with Gasteiger partial charge in [0, 0.05) is 34.8 Å². The number of fused-ring (bicyclic) bond motifs is 1. The molecule has 0 unspecified atom stereocenters. The van der Waals surface area contributed by atoms with Crippen LogP contribution in [-0.2, 0) is 16.2 Å². The molecule has 3 aromatic carbocycles. The molecule has 1 aromatic heterocycles. The molecule has 0 atom stereocenters. The van der Waals surface area contributed by atoms with E-state index in [4.69, 9.17) is 21.1 Å². The average Bonchev–Trinajstić information content (AvgIpc) is 2.97. The molecule has 0 aliphatic carbocycles. The Kier molecular flexibility index (Phi) is 9.00. The Labute approximate surface area is 237 Å². The summed E-state index contributed by atoms with van der Waals surface area (Å²) in [5, 5.41) is 13.8. The first-order valence-corrected chi connectivity index (χ1v) is 12.8. The number of carbonyl (C=O) groups is 2. The number of halogens is 1. The van der Waals surface area contributed by atoms with Crippen molar-refractivity contribution >= 4 is 46.1 Å². The summed E-state index contributed by atoms with van der Waals surface area (Å²) in [5.74, 6) is 0.377. The van der Waals surface area contributed by atoms with E-state index in [1.165, 1.54) is 18.0 Å². The lowest BCUT2D eigenvalue weighted by molar-refractivity contribution is -0.122. The van der Waals surface area contributed by atoms with Crippen LogP contribution in [0.15, 0.2) is 72.8 Å². The quantitative estimate of drug-likeness (QED) is 0.276. The third-order valence-electron chi connectivity index (χ3n) is 6.21. The van der Waals surface area contributed by atoms with Crippen LogP contribution in [0.1, 0.15) is 22.4 Å². The zero-order valence-corrected chi connectivity index (χ0v) is 23.0. The van der Waals surface area contributed by atoms with Gasteiger partial charge >= 0.3 is 0 Å². The molecule has 0 aliphatic heterocycles. The molecular weight excluding hydrogens is 528 g/mol. The molecule has 0 saturated heterocycles. The van der Waals surface area contributed by atoms with Crippen LogP contribution in [0, 0.1) is 18.3 Å². The van der Waals surface area contributed by atoms with E-state index in [0.717, 1.165) is 16.6 Å². The minimum absolute atomic E-state index is 0.00185. The largest absolute Gasteiger partial charge is 0.497 e. The van der Waals surface area contributed by atoms with E-state index >= 15 is 0 Å². The van der Waals surface area contributed by atoms with Gasteiger partial charge in [-0.25, -0.2) is 4.98 Å². The van der Waals surface area contributed by atoms with Crippen LogP contribution in [0.2, 0.25) is 5.02 Å². The topological polar surface area (TPSA) is 105 Å². The number of carbonyl (C=O) groups excluding carboxylic acids is 2. The first-order valence-electron chi connectivity index (χ1n) is 12.4. The molecule has 0 saturated carbocycles. The van der Waals surface area contributed by atoms with E-state index < -0.39 is 11.8 Å². The number of hydrogen-bond donors (Lipinski definition) is 1. The molecule has 40 heavy (non-hydrogen) atoms. The predicted octanol–water partition coefficient (Wildman–Crippen LogP) is 5.45. The lowest BCUT2D eigenvalue weighted by Gasteiger charge is -2.21. The van der Waals surface area contributed by atoms with Crippen molar-refractivity contribution in [3.05, 3.63) is 100 Å². The first-order chi connectivity index (χ1) is 19.3. The third kappa shape index (κ3) is 6.57. The van der Waals surface area contributed by atoms with Crippen LogP contribution in [0.5, 0.6) is 11.5 Å². The number of anilines is 1. The maximum Gasteiger partial charge on any atom is 0.246 e. The Hall–Kier alpha value is -4.87. The van der Waals surface area contributed by atoms with E-state index in [2.05, 4.69) is 16.4 Å². The van der Waals surface area contributed by atoms with Crippen molar-refractivity contribution in [2.75, 3.05) is 25.6 Å². The lowest BCUT2D eigenvalue weighted by Crippen LogP contribution is -2.38. The van der Waals surface area contributed by atoms with Crippen molar-refractivity contribution in [1.29, 1.82) is 5.26 Å². The molecule has 0 fully saturated rings. The number of nitriles is 1. The van der Waals surface area contributed by atoms with E-state index in [1.54, 1.807) is 43.5 Å². The average molecular weight is 555 g/mol. The number of pyridine rings is 1. The number of methoxy groups -OCH3 is 1. The predicted molar refractivity (Wildman–Crippen MR) is 155 cm³/mol. The van der Waals surface area contributed by atoms with E-state index in [-0.39, 0.29) is 18.7 Å². The normalized spacial score (nSPS) is 10.8. The fourth-order valence-corrected chi connectivity index (χ4v) is 4.24. The molecule has 1 heterocycles. The Morgan fingerprint density at radius 1 is 1.12 bits per heavy atom. The van der Waals surface area contributed by atoms with Crippen LogP contribution in [0.25, 0.3) is 17.0 Å². The maximum atomic E-state index is 12.9. The second kappa shape index (κ2) is 12.8. The molecule has 0 bridgehead atoms. The van der Waals surface area contributed by atoms with Gasteiger partial charge in [0.05, 0.1) is 24.9 Å². The number of rotatable bonds is 9. The number of nitrogens with one attached hydrogen (secondary N) is 1. The van der Waals surface area contributed by atoms with Crippen molar-refractivity contribution < 1.29 is 19.1 Å². The van der Waals surface area contributed by atoms with Crippen LogP contribution in [-0.4, -0.2) is 37.5 Å². The molecule has 0 aliphatic rings. The van der Waals surface area contributed by atoms with E-state index in [0.29, 0.717) is 33.3 Å². The number of aryl methyl sites for hydroxylation is 1. The van der Waals surface area contributed by atoms with Gasteiger partial charge in [0.1, 0.15) is 29.7 Å². The van der Waals surface area contributed by atoms with Crippen molar-refractivity contribution in [2.45, 2.75) is 13.5 Å². The summed E-state index contributed by atoms with van der Waals surface area (Å²) >= 11 is 6.46. The molecule has 0 spiro atoms. The molecule has 4 aromatic rings. The van der Waals surface area contributed by atoms with Crippen molar-refractivity contribution in [1.82, 2.24) is 10.3 Å². The van der Waals surface area contributed by atoms with Crippen LogP contribution in [0.4, 0.5) is 5.69 Å². The van der Waals surface area contributed by atoms with Gasteiger partial charge in [0.15, 0.2) is 0 Å². The number of hydrogen-bond acceptors (Lipinski definition) is 6. The molecule has 202 valence electrons. The van der Waals surface area contributed by atoms with Crippen molar-refractivity contribution in [2.24, 2.45) is 0 Å². The lowest BCUT2D eigenvalue weighted by atomic mass is 10.1. The summed E-state index contributed by atoms with van der Waals surface area (Å²) in [6.07, 6.45) is 2.96. The van der Waals surface area contributed by atoms with Gasteiger partial charge in [-0.2, -0.15) is 5.26 Å². The summed E-state index contributed by atoms with van der Waals surface area (Å²) < 4.78 is 11.2. The second-order valence-corrected chi connectivity index (χ2v) is 9.29. The summed E-state index contributed by atoms with van der Waals surface area (Å²) in [6.45, 7) is 1.63. The van der Waals surface area contributed by atoms with Gasteiger partial charge in [-0.05, 0) is 55.0 Å². The number of likely N-dealkylation sites (N-methyl/N-ethyl adjacent to an activating group) is 1. The fourth-order valence-electron chi connectivity index (χ4n) is 4.03.